The number of nitrogens with zero attached hydrogens (tertiary/aromatic N) is 1. The third-order valence-electron chi connectivity index (χ3n) is 1.09. The first-order chi connectivity index (χ1) is 5.31. The van der Waals surface area contributed by atoms with Gasteiger partial charge >= 0.3 is 0 Å². The fourth-order valence-electron chi connectivity index (χ4n) is 0.638. The molecule has 0 fully saturated rings. The van der Waals surface area contributed by atoms with Gasteiger partial charge in [0.2, 0.25) is 0 Å². The minimum absolute atomic E-state index is 0.128. The van der Waals surface area contributed by atoms with E-state index in [0.29, 0.717) is 6.61 Å². The molecular weight excluding hydrogens is 138 g/mol. The minimum atomic E-state index is 0.128. The molecule has 0 saturated carbocycles. The molecule has 0 aliphatic heterocycles. The van der Waals surface area contributed by atoms with Gasteiger partial charge in [0.25, 0.3) is 0 Å². The summed E-state index contributed by atoms with van der Waals surface area (Å²) in [6.45, 7) is 4.63. The monoisotopic (exact) mass is 151 g/mol. The molecular formula is C9H13NO. The number of nitriles is 1. The van der Waals surface area contributed by atoms with Crippen molar-refractivity contribution in [3.05, 3.63) is 24.3 Å². The molecule has 0 aromatic carbocycles. The molecule has 0 unspecified atom stereocenters. The predicted octanol–water partition coefficient (Wildman–Crippen LogP) is 2.05. The largest absolute Gasteiger partial charge is 0.375 e. The van der Waals surface area contributed by atoms with Crippen LogP contribution in [0.25, 0.3) is 0 Å². The average Bonchev–Trinajstić information content (AvgIpc) is 1.99. The Bertz CT molecular complexity index is 176. The summed E-state index contributed by atoms with van der Waals surface area (Å²) < 4.78 is 5.22. The van der Waals surface area contributed by atoms with Gasteiger partial charge in [-0.2, -0.15) is 5.26 Å². The van der Waals surface area contributed by atoms with Crippen LogP contribution >= 0.6 is 0 Å². The van der Waals surface area contributed by atoms with E-state index in [-0.39, 0.29) is 6.10 Å². The van der Waals surface area contributed by atoms with E-state index in [0.717, 1.165) is 0 Å². The second-order valence-corrected chi connectivity index (χ2v) is 2.03. The third-order valence-corrected chi connectivity index (χ3v) is 1.09. The summed E-state index contributed by atoms with van der Waals surface area (Å²) in [6.07, 6.45) is 6.95. The van der Waals surface area contributed by atoms with E-state index in [4.69, 9.17) is 10.00 Å². The molecule has 2 heteroatoms. The fourth-order valence-corrected chi connectivity index (χ4v) is 0.638. The zero-order valence-corrected chi connectivity index (χ0v) is 6.95. The molecule has 0 aromatic heterocycles. The highest BCUT2D eigenvalue weighted by Gasteiger charge is 1.90. The van der Waals surface area contributed by atoms with E-state index in [1.165, 1.54) is 6.08 Å². The predicted molar refractivity (Wildman–Crippen MR) is 45.0 cm³/mol. The van der Waals surface area contributed by atoms with Crippen LogP contribution in [0.1, 0.15) is 13.8 Å². The van der Waals surface area contributed by atoms with Gasteiger partial charge in [0.1, 0.15) is 0 Å². The Kier molecular flexibility index (Phi) is 6.36. The van der Waals surface area contributed by atoms with E-state index in [2.05, 4.69) is 0 Å². The lowest BCUT2D eigenvalue weighted by Crippen LogP contribution is -2.02. The average molecular weight is 151 g/mol. The summed E-state index contributed by atoms with van der Waals surface area (Å²) in [5, 5.41) is 8.13. The molecule has 0 N–H and O–H groups in total. The lowest BCUT2D eigenvalue weighted by atomic mass is 10.3. The van der Waals surface area contributed by atoms with Crippen molar-refractivity contribution in [2.45, 2.75) is 20.0 Å². The Morgan fingerprint density at radius 3 is 2.82 bits per heavy atom. The van der Waals surface area contributed by atoms with Gasteiger partial charge in [0.05, 0.1) is 12.2 Å². The molecule has 0 spiro atoms. The smallest absolute Gasteiger partial charge is 0.0912 e. The SMILES string of the molecule is CCO[C@H](C)/C=C/C=C/C#N. The van der Waals surface area contributed by atoms with Crippen molar-refractivity contribution in [2.75, 3.05) is 6.61 Å². The first kappa shape index (κ1) is 9.93. The quantitative estimate of drug-likeness (QED) is 0.455. The van der Waals surface area contributed by atoms with Crippen molar-refractivity contribution < 1.29 is 4.74 Å². The fraction of sp³-hybridized carbons (Fsp3) is 0.444. The Labute approximate surface area is 67.8 Å². The molecule has 2 nitrogen and oxygen atoms in total. The first-order valence-electron chi connectivity index (χ1n) is 3.65. The topological polar surface area (TPSA) is 33.0 Å². The van der Waals surface area contributed by atoms with E-state index in [9.17, 15) is 0 Å². The second-order valence-electron chi connectivity index (χ2n) is 2.03. The molecule has 0 rings (SSSR count). The van der Waals surface area contributed by atoms with Crippen LogP contribution in [-0.4, -0.2) is 12.7 Å². The highest BCUT2D eigenvalue weighted by molar-refractivity contribution is 5.12. The summed E-state index contributed by atoms with van der Waals surface area (Å²) in [5.41, 5.74) is 0. The summed E-state index contributed by atoms with van der Waals surface area (Å²) in [7, 11) is 0. The minimum Gasteiger partial charge on any atom is -0.375 e. The number of ether oxygens (including phenoxy) is 1. The molecule has 0 aliphatic rings. The zero-order valence-electron chi connectivity index (χ0n) is 6.95. The van der Waals surface area contributed by atoms with Crippen LogP contribution in [-0.2, 0) is 4.74 Å². The van der Waals surface area contributed by atoms with Crippen molar-refractivity contribution in [1.82, 2.24) is 0 Å². The molecule has 0 amide bonds. The molecule has 0 heterocycles. The summed E-state index contributed by atoms with van der Waals surface area (Å²) >= 11 is 0. The van der Waals surface area contributed by atoms with Crippen LogP contribution in [0, 0.1) is 11.3 Å². The highest BCUT2D eigenvalue weighted by Crippen LogP contribution is 1.91. The molecule has 0 aliphatic carbocycles. The van der Waals surface area contributed by atoms with Crippen molar-refractivity contribution >= 4 is 0 Å². The second kappa shape index (κ2) is 7.04. The van der Waals surface area contributed by atoms with Gasteiger partial charge in [0, 0.05) is 12.7 Å². The number of allylic oxidation sites excluding steroid dienone is 3. The molecule has 60 valence electrons. The Balaban J connectivity index is 3.57. The normalized spacial score (nSPS) is 13.9. The molecule has 1 atom stereocenters. The number of hydrogen-bond donors (Lipinski definition) is 0. The van der Waals surface area contributed by atoms with Gasteiger partial charge in [0.15, 0.2) is 0 Å². The summed E-state index contributed by atoms with van der Waals surface area (Å²) in [6, 6.07) is 1.90. The van der Waals surface area contributed by atoms with Crippen molar-refractivity contribution in [2.24, 2.45) is 0 Å². The van der Waals surface area contributed by atoms with Crippen LogP contribution in [0.3, 0.4) is 0 Å². The van der Waals surface area contributed by atoms with Crippen molar-refractivity contribution in [3.8, 4) is 6.07 Å². The Morgan fingerprint density at radius 2 is 2.27 bits per heavy atom. The van der Waals surface area contributed by atoms with Crippen LogP contribution in [0.2, 0.25) is 0 Å². The van der Waals surface area contributed by atoms with Crippen LogP contribution in [0.15, 0.2) is 24.3 Å². The number of rotatable bonds is 4. The maximum atomic E-state index is 8.13. The van der Waals surface area contributed by atoms with Gasteiger partial charge in [-0.05, 0) is 13.8 Å². The molecule has 0 radical (unpaired) electrons. The molecule has 11 heavy (non-hydrogen) atoms. The first-order valence-corrected chi connectivity index (χ1v) is 3.65. The maximum Gasteiger partial charge on any atom is 0.0912 e. The van der Waals surface area contributed by atoms with Crippen LogP contribution < -0.4 is 0 Å². The molecule has 0 aromatic rings. The number of hydrogen-bond acceptors (Lipinski definition) is 2. The Morgan fingerprint density at radius 1 is 1.55 bits per heavy atom. The van der Waals surface area contributed by atoms with Crippen molar-refractivity contribution in [1.29, 1.82) is 5.26 Å². The molecule has 0 saturated heterocycles. The highest BCUT2D eigenvalue weighted by atomic mass is 16.5. The van der Waals surface area contributed by atoms with E-state index >= 15 is 0 Å². The van der Waals surface area contributed by atoms with E-state index < -0.39 is 0 Å². The van der Waals surface area contributed by atoms with Crippen LogP contribution in [0.5, 0.6) is 0 Å². The summed E-state index contributed by atoms with van der Waals surface area (Å²) in [4.78, 5) is 0. The van der Waals surface area contributed by atoms with E-state index in [1.807, 2.05) is 32.1 Å². The van der Waals surface area contributed by atoms with Crippen molar-refractivity contribution in [3.63, 3.8) is 0 Å². The van der Waals surface area contributed by atoms with Gasteiger partial charge < -0.3 is 4.74 Å². The van der Waals surface area contributed by atoms with E-state index in [1.54, 1.807) is 6.08 Å². The zero-order chi connectivity index (χ0) is 8.53. The van der Waals surface area contributed by atoms with Gasteiger partial charge in [-0.1, -0.05) is 18.2 Å². The van der Waals surface area contributed by atoms with Crippen LogP contribution in [0.4, 0.5) is 0 Å². The van der Waals surface area contributed by atoms with Gasteiger partial charge in [-0.3, -0.25) is 0 Å². The van der Waals surface area contributed by atoms with Gasteiger partial charge in [-0.25, -0.2) is 0 Å². The maximum absolute atomic E-state index is 8.13. The Hall–Kier alpha value is -1.07. The summed E-state index contributed by atoms with van der Waals surface area (Å²) in [5.74, 6) is 0. The standard InChI is InChI=1S/C9H13NO/c1-3-11-9(2)7-5-4-6-8-10/h4-7,9H,3H2,1-2H3/b6-4+,7-5+/t9-/m1/s1. The lowest BCUT2D eigenvalue weighted by Gasteiger charge is -2.03. The third kappa shape index (κ3) is 6.82. The molecule has 0 bridgehead atoms. The lowest BCUT2D eigenvalue weighted by molar-refractivity contribution is 0.109. The van der Waals surface area contributed by atoms with Gasteiger partial charge in [-0.15, -0.1) is 0 Å².